The summed E-state index contributed by atoms with van der Waals surface area (Å²) < 4.78 is 21.4. The molecule has 8 nitrogen and oxygen atoms in total. The van der Waals surface area contributed by atoms with Crippen LogP contribution in [0.1, 0.15) is 112 Å². The Labute approximate surface area is 309 Å². The summed E-state index contributed by atoms with van der Waals surface area (Å²) in [6.07, 6.45) is 11.9. The Bertz CT molecular complexity index is 1450. The van der Waals surface area contributed by atoms with Crippen molar-refractivity contribution < 1.29 is 38.1 Å². The quantitative estimate of drug-likeness (QED) is 0.0717. The highest BCUT2D eigenvalue weighted by Crippen LogP contribution is 2.53. The third kappa shape index (κ3) is 9.64. The van der Waals surface area contributed by atoms with Gasteiger partial charge >= 0.3 is 23.9 Å². The summed E-state index contributed by atoms with van der Waals surface area (Å²) >= 11 is 37.5. The molecule has 0 bridgehead atoms. The van der Waals surface area contributed by atoms with E-state index in [1.807, 2.05) is 0 Å². The Hall–Kier alpha value is -1.94. The van der Waals surface area contributed by atoms with Gasteiger partial charge in [-0.25, -0.2) is 19.2 Å². The van der Waals surface area contributed by atoms with Crippen LogP contribution >= 0.6 is 69.6 Å². The van der Waals surface area contributed by atoms with Gasteiger partial charge < -0.3 is 18.9 Å². The van der Waals surface area contributed by atoms with Crippen LogP contribution in [0.25, 0.3) is 0 Å². The van der Waals surface area contributed by atoms with Gasteiger partial charge in [-0.15, -0.1) is 0 Å². The summed E-state index contributed by atoms with van der Waals surface area (Å²) in [6.45, 7) is 4.41. The molecule has 4 rings (SSSR count). The number of esters is 4. The monoisotopic (exact) mass is 782 g/mol. The molecule has 0 heterocycles. The highest BCUT2D eigenvalue weighted by Gasteiger charge is 2.42. The van der Waals surface area contributed by atoms with Gasteiger partial charge in [-0.3, -0.25) is 0 Å². The smallest absolute Gasteiger partial charge is 0.423 e. The predicted octanol–water partition coefficient (Wildman–Crippen LogP) is 11.2. The lowest BCUT2D eigenvalue weighted by molar-refractivity contribution is -0.156. The summed E-state index contributed by atoms with van der Waals surface area (Å²) in [5, 5.41) is -1.42. The molecule has 0 aromatic heterocycles. The molecule has 2 aliphatic rings. The van der Waals surface area contributed by atoms with E-state index < -0.39 is 46.5 Å². The Morgan fingerprint density at radius 1 is 0.583 bits per heavy atom. The van der Waals surface area contributed by atoms with Crippen molar-refractivity contribution in [1.29, 1.82) is 0 Å². The first-order valence-corrected chi connectivity index (χ1v) is 18.2. The van der Waals surface area contributed by atoms with E-state index >= 15 is 0 Å². The minimum Gasteiger partial charge on any atom is -0.462 e. The molecular formula is C34H36Cl6O8. The maximum Gasteiger partial charge on any atom is 0.423 e. The van der Waals surface area contributed by atoms with Crippen LogP contribution in [0, 0.1) is 10.8 Å². The van der Waals surface area contributed by atoms with E-state index in [0.29, 0.717) is 12.8 Å². The molecule has 0 atom stereocenters. The van der Waals surface area contributed by atoms with Gasteiger partial charge in [0.25, 0.3) is 0 Å². The van der Waals surface area contributed by atoms with Crippen molar-refractivity contribution in [2.45, 2.75) is 90.9 Å². The second-order valence-corrected chi connectivity index (χ2v) is 14.9. The molecule has 2 aliphatic carbocycles. The normalized spacial score (nSPS) is 15.4. The van der Waals surface area contributed by atoms with Gasteiger partial charge in [-0.2, -0.15) is 0 Å². The van der Waals surface area contributed by atoms with Gasteiger partial charge in [0.15, 0.2) is 11.5 Å². The topological polar surface area (TPSA) is 105 Å². The molecule has 14 heteroatoms. The second kappa shape index (κ2) is 16.8. The molecule has 0 saturated heterocycles. The third-order valence-electron chi connectivity index (χ3n) is 8.98. The number of hydrogen-bond acceptors (Lipinski definition) is 8. The summed E-state index contributed by atoms with van der Waals surface area (Å²) in [5.74, 6) is -6.30. The lowest BCUT2D eigenvalue weighted by Gasteiger charge is -2.17. The minimum atomic E-state index is -1.63. The number of halogens is 6. The van der Waals surface area contributed by atoms with E-state index in [4.69, 9.17) is 88.6 Å². The Morgan fingerprint density at radius 2 is 0.938 bits per heavy atom. The largest absolute Gasteiger partial charge is 0.462 e. The fourth-order valence-electron chi connectivity index (χ4n) is 5.56. The number of rotatable bonds is 16. The molecular weight excluding hydrogens is 749 g/mol. The molecule has 48 heavy (non-hydrogen) atoms. The second-order valence-electron chi connectivity index (χ2n) is 12.5. The van der Waals surface area contributed by atoms with Crippen LogP contribution in [-0.4, -0.2) is 37.1 Å². The van der Waals surface area contributed by atoms with Crippen LogP contribution in [0.5, 0.6) is 11.5 Å². The fraction of sp³-hybridized carbons (Fsp3) is 0.529. The molecule has 2 fully saturated rings. The zero-order valence-corrected chi connectivity index (χ0v) is 31.1. The maximum absolute atomic E-state index is 13.2. The van der Waals surface area contributed by atoms with Crippen molar-refractivity contribution in [2.75, 3.05) is 13.2 Å². The Balaban J connectivity index is 1.48. The average Bonchev–Trinajstić information content (AvgIpc) is 3.98. The van der Waals surface area contributed by atoms with Crippen molar-refractivity contribution in [1.82, 2.24) is 0 Å². The maximum atomic E-state index is 13.2. The molecule has 2 aromatic rings. The summed E-state index contributed by atoms with van der Waals surface area (Å²) in [6, 6.07) is 2.27. The molecule has 0 unspecified atom stereocenters. The van der Waals surface area contributed by atoms with Crippen molar-refractivity contribution >= 4 is 93.5 Å². The Kier molecular flexibility index (Phi) is 13.6. The first-order valence-electron chi connectivity index (χ1n) is 15.9. The molecule has 0 radical (unpaired) electrons. The zero-order chi connectivity index (χ0) is 35.2. The number of unbranched alkanes of at least 4 members (excludes halogenated alkanes) is 2. The first kappa shape index (κ1) is 38.9. The van der Waals surface area contributed by atoms with Gasteiger partial charge in [0.2, 0.25) is 0 Å². The van der Waals surface area contributed by atoms with Crippen LogP contribution in [0.15, 0.2) is 12.1 Å². The highest BCUT2D eigenvalue weighted by atomic mass is 35.5. The third-order valence-corrected chi connectivity index (χ3v) is 11.1. The van der Waals surface area contributed by atoms with Crippen molar-refractivity contribution in [3.05, 3.63) is 53.4 Å². The number of carbonyl (C=O) groups is 4. The van der Waals surface area contributed by atoms with Crippen LogP contribution in [0.4, 0.5) is 0 Å². The van der Waals surface area contributed by atoms with Crippen molar-refractivity contribution in [2.24, 2.45) is 10.8 Å². The van der Waals surface area contributed by atoms with Crippen molar-refractivity contribution in [3.8, 4) is 11.5 Å². The first-order chi connectivity index (χ1) is 22.8. The lowest BCUT2D eigenvalue weighted by atomic mass is 9.96. The summed E-state index contributed by atoms with van der Waals surface area (Å²) in [7, 11) is 0. The van der Waals surface area contributed by atoms with Gasteiger partial charge in [0, 0.05) is 0 Å². The van der Waals surface area contributed by atoms with Gasteiger partial charge in [-0.1, -0.05) is 109 Å². The average molecular weight is 785 g/mol. The van der Waals surface area contributed by atoms with E-state index in [1.54, 1.807) is 0 Å². The molecule has 262 valence electrons. The van der Waals surface area contributed by atoms with E-state index in [2.05, 4.69) is 13.8 Å². The number of carbonyl (C=O) groups excluding carboxylic acids is 4. The molecule has 2 saturated carbocycles. The SMILES string of the molecule is CCCCC1(CCOC(=O)c2c(Cl)c(Cl)cc(Cl)c2OC(=O)C(=O)Oc2c(Cl)cc(Cl)c(Cl)c2C(=O)OCCC2(CCCC)CC2)CC1. The van der Waals surface area contributed by atoms with E-state index in [1.165, 1.54) is 0 Å². The minimum absolute atomic E-state index is 0.0901. The lowest BCUT2D eigenvalue weighted by Crippen LogP contribution is -2.27. The molecule has 0 aliphatic heterocycles. The number of hydrogen-bond donors (Lipinski definition) is 0. The fourth-order valence-corrected chi connectivity index (χ4v) is 7.00. The molecule has 0 N–H and O–H groups in total. The molecule has 2 aromatic carbocycles. The van der Waals surface area contributed by atoms with E-state index in [0.717, 1.165) is 76.3 Å². The zero-order valence-electron chi connectivity index (χ0n) is 26.6. The summed E-state index contributed by atoms with van der Waals surface area (Å²) in [5.41, 5.74) is -0.595. The van der Waals surface area contributed by atoms with Crippen LogP contribution in [0.3, 0.4) is 0 Å². The summed E-state index contributed by atoms with van der Waals surface area (Å²) in [4.78, 5) is 52.4. The predicted molar refractivity (Wildman–Crippen MR) is 186 cm³/mol. The van der Waals surface area contributed by atoms with Gasteiger partial charge in [-0.05, 0) is 74.3 Å². The van der Waals surface area contributed by atoms with Crippen LogP contribution in [0.2, 0.25) is 30.1 Å². The molecule has 0 amide bonds. The standard InChI is InChI=1S/C34H36Cl6O8/c1-3-5-7-33(9-10-33)13-15-45-29(41)23-25(39)19(35)17-21(37)27(23)47-31(43)32(44)48-28-22(38)18-20(36)26(40)24(28)30(42)46-16-14-34(11-12-34)8-6-4-2/h17-18H,3-16H2,1-2H3. The Morgan fingerprint density at radius 3 is 1.25 bits per heavy atom. The highest BCUT2D eigenvalue weighted by molar-refractivity contribution is 6.47. The van der Waals surface area contributed by atoms with E-state index in [-0.39, 0.29) is 54.2 Å². The number of benzene rings is 2. The number of ether oxygens (including phenoxy) is 4. The van der Waals surface area contributed by atoms with Crippen molar-refractivity contribution in [3.63, 3.8) is 0 Å². The molecule has 0 spiro atoms. The van der Waals surface area contributed by atoms with Crippen LogP contribution in [-0.2, 0) is 19.1 Å². The van der Waals surface area contributed by atoms with Crippen LogP contribution < -0.4 is 9.47 Å². The van der Waals surface area contributed by atoms with Gasteiger partial charge in [0.1, 0.15) is 11.1 Å². The van der Waals surface area contributed by atoms with Gasteiger partial charge in [0.05, 0.1) is 43.3 Å². The van der Waals surface area contributed by atoms with E-state index in [9.17, 15) is 19.2 Å².